The highest BCUT2D eigenvalue weighted by Crippen LogP contribution is 2.29. The highest BCUT2D eigenvalue weighted by atomic mass is 14.3. The molecule has 0 heterocycles. The van der Waals surface area contributed by atoms with Gasteiger partial charge in [-0.3, -0.25) is 0 Å². The number of nitriles is 1. The maximum absolute atomic E-state index is 9.20. The van der Waals surface area contributed by atoms with E-state index in [0.717, 1.165) is 25.7 Å². The van der Waals surface area contributed by atoms with Crippen LogP contribution in [0.5, 0.6) is 0 Å². The molecule has 0 aromatic carbocycles. The molecule has 0 radical (unpaired) electrons. The molecule has 0 aromatic rings. The monoisotopic (exact) mass is 191 g/mol. The molecule has 1 atom stereocenters. The summed E-state index contributed by atoms with van der Waals surface area (Å²) in [6, 6.07) is 2.44. The first-order valence-corrected chi connectivity index (χ1v) is 5.44. The van der Waals surface area contributed by atoms with Crippen LogP contribution in [0.25, 0.3) is 0 Å². The van der Waals surface area contributed by atoms with Gasteiger partial charge in [0.25, 0.3) is 0 Å². The summed E-state index contributed by atoms with van der Waals surface area (Å²) >= 11 is 0. The SMILES string of the molecule is C/C=C\C(C#N)(C/C=C/CC)CCC. The topological polar surface area (TPSA) is 23.8 Å². The predicted molar refractivity (Wildman–Crippen MR) is 61.8 cm³/mol. The van der Waals surface area contributed by atoms with Gasteiger partial charge < -0.3 is 0 Å². The number of allylic oxidation sites excluding steroid dienone is 4. The van der Waals surface area contributed by atoms with Crippen LogP contribution in [-0.4, -0.2) is 0 Å². The molecule has 0 aliphatic rings. The lowest BCUT2D eigenvalue weighted by Crippen LogP contribution is -2.13. The molecule has 0 aliphatic heterocycles. The van der Waals surface area contributed by atoms with Crippen LogP contribution in [0.4, 0.5) is 0 Å². The summed E-state index contributed by atoms with van der Waals surface area (Å²) in [6.07, 6.45) is 12.2. The van der Waals surface area contributed by atoms with E-state index in [4.69, 9.17) is 0 Å². The van der Waals surface area contributed by atoms with Crippen molar-refractivity contribution in [1.29, 1.82) is 5.26 Å². The Kier molecular flexibility index (Phi) is 6.84. The molecule has 1 unspecified atom stereocenters. The lowest BCUT2D eigenvalue weighted by Gasteiger charge is -2.20. The molecule has 0 amide bonds. The van der Waals surface area contributed by atoms with E-state index in [-0.39, 0.29) is 5.41 Å². The van der Waals surface area contributed by atoms with Gasteiger partial charge in [0.05, 0.1) is 11.5 Å². The Morgan fingerprint density at radius 2 is 2.00 bits per heavy atom. The Balaban J connectivity index is 4.51. The maximum atomic E-state index is 9.20. The molecular weight excluding hydrogens is 170 g/mol. The number of nitrogens with zero attached hydrogens (tertiary/aromatic N) is 1. The molecule has 1 heteroatoms. The van der Waals surface area contributed by atoms with Crippen molar-refractivity contribution in [2.24, 2.45) is 5.41 Å². The minimum atomic E-state index is -0.269. The van der Waals surface area contributed by atoms with E-state index in [1.165, 1.54) is 0 Å². The smallest absolute Gasteiger partial charge is 0.0787 e. The molecule has 0 spiro atoms. The molecule has 0 rings (SSSR count). The zero-order valence-electron chi connectivity index (χ0n) is 9.59. The van der Waals surface area contributed by atoms with Crippen molar-refractivity contribution in [3.8, 4) is 6.07 Å². The number of hydrogen-bond acceptors (Lipinski definition) is 1. The second kappa shape index (κ2) is 7.38. The van der Waals surface area contributed by atoms with Crippen molar-refractivity contribution in [3.05, 3.63) is 24.3 Å². The average molecular weight is 191 g/mol. The van der Waals surface area contributed by atoms with Crippen molar-refractivity contribution < 1.29 is 0 Å². The van der Waals surface area contributed by atoms with Gasteiger partial charge in [-0.15, -0.1) is 0 Å². The second-order valence-corrected chi connectivity index (χ2v) is 3.60. The van der Waals surface area contributed by atoms with Crippen molar-refractivity contribution >= 4 is 0 Å². The molecule has 0 aromatic heterocycles. The van der Waals surface area contributed by atoms with Crippen LogP contribution in [0.1, 0.15) is 46.5 Å². The first kappa shape index (κ1) is 13.0. The van der Waals surface area contributed by atoms with Gasteiger partial charge in [-0.25, -0.2) is 0 Å². The molecule has 0 bridgehead atoms. The Morgan fingerprint density at radius 1 is 1.29 bits per heavy atom. The maximum Gasteiger partial charge on any atom is 0.0787 e. The number of rotatable bonds is 6. The summed E-state index contributed by atoms with van der Waals surface area (Å²) < 4.78 is 0. The lowest BCUT2D eigenvalue weighted by molar-refractivity contribution is 0.462. The lowest BCUT2D eigenvalue weighted by atomic mass is 9.81. The van der Waals surface area contributed by atoms with Crippen molar-refractivity contribution in [2.45, 2.75) is 46.5 Å². The third-order valence-corrected chi connectivity index (χ3v) is 2.29. The van der Waals surface area contributed by atoms with E-state index in [0.29, 0.717) is 0 Å². The van der Waals surface area contributed by atoms with Gasteiger partial charge in [-0.05, 0) is 26.2 Å². The minimum absolute atomic E-state index is 0.269. The van der Waals surface area contributed by atoms with Gasteiger partial charge in [0, 0.05) is 0 Å². The fraction of sp³-hybridized carbons (Fsp3) is 0.615. The van der Waals surface area contributed by atoms with Gasteiger partial charge in [-0.1, -0.05) is 44.6 Å². The summed E-state index contributed by atoms with van der Waals surface area (Å²) in [7, 11) is 0. The normalized spacial score (nSPS) is 15.9. The molecule has 0 saturated carbocycles. The van der Waals surface area contributed by atoms with E-state index >= 15 is 0 Å². The highest BCUT2D eigenvalue weighted by molar-refractivity contribution is 5.14. The van der Waals surface area contributed by atoms with E-state index in [2.05, 4.69) is 32.1 Å². The summed E-state index contributed by atoms with van der Waals surface area (Å²) in [5, 5.41) is 9.20. The second-order valence-electron chi connectivity index (χ2n) is 3.60. The molecule has 14 heavy (non-hydrogen) atoms. The third-order valence-electron chi connectivity index (χ3n) is 2.29. The van der Waals surface area contributed by atoms with Crippen LogP contribution >= 0.6 is 0 Å². The standard InChI is InChI=1S/C13H21N/c1-4-7-8-11-13(12-14,9-5-2)10-6-3/h5,7-9H,4,6,10-11H2,1-3H3/b8-7+,9-5-. The summed E-state index contributed by atoms with van der Waals surface area (Å²) in [5.74, 6) is 0. The van der Waals surface area contributed by atoms with Crippen LogP contribution in [0.15, 0.2) is 24.3 Å². The Bertz CT molecular complexity index is 232. The van der Waals surface area contributed by atoms with Gasteiger partial charge in [0.15, 0.2) is 0 Å². The summed E-state index contributed by atoms with van der Waals surface area (Å²) in [6.45, 7) is 6.21. The number of hydrogen-bond donors (Lipinski definition) is 0. The van der Waals surface area contributed by atoms with Crippen molar-refractivity contribution in [3.63, 3.8) is 0 Å². The van der Waals surface area contributed by atoms with E-state index in [9.17, 15) is 5.26 Å². The van der Waals surface area contributed by atoms with Crippen molar-refractivity contribution in [2.75, 3.05) is 0 Å². The largest absolute Gasteiger partial charge is 0.197 e. The first-order valence-electron chi connectivity index (χ1n) is 5.44. The molecule has 1 nitrogen and oxygen atoms in total. The van der Waals surface area contributed by atoms with Crippen molar-refractivity contribution in [1.82, 2.24) is 0 Å². The van der Waals surface area contributed by atoms with Gasteiger partial charge in [0.1, 0.15) is 0 Å². The van der Waals surface area contributed by atoms with Gasteiger partial charge >= 0.3 is 0 Å². The summed E-state index contributed by atoms with van der Waals surface area (Å²) in [4.78, 5) is 0. The van der Waals surface area contributed by atoms with Crippen LogP contribution in [0.3, 0.4) is 0 Å². The quantitative estimate of drug-likeness (QED) is 0.576. The van der Waals surface area contributed by atoms with Gasteiger partial charge in [0.2, 0.25) is 0 Å². The molecular formula is C13H21N. The summed E-state index contributed by atoms with van der Waals surface area (Å²) in [5.41, 5.74) is -0.269. The van der Waals surface area contributed by atoms with E-state index < -0.39 is 0 Å². The van der Waals surface area contributed by atoms with Crippen LogP contribution in [-0.2, 0) is 0 Å². The first-order chi connectivity index (χ1) is 6.74. The molecule has 0 aliphatic carbocycles. The fourth-order valence-corrected chi connectivity index (χ4v) is 1.62. The molecule has 0 N–H and O–H groups in total. The zero-order chi connectivity index (χ0) is 10.9. The van der Waals surface area contributed by atoms with E-state index in [1.54, 1.807) is 0 Å². The Morgan fingerprint density at radius 3 is 2.43 bits per heavy atom. The Hall–Kier alpha value is -1.03. The minimum Gasteiger partial charge on any atom is -0.197 e. The predicted octanol–water partition coefficient (Wildman–Crippen LogP) is 4.23. The molecule has 0 saturated heterocycles. The zero-order valence-corrected chi connectivity index (χ0v) is 9.59. The highest BCUT2D eigenvalue weighted by Gasteiger charge is 2.23. The Labute approximate surface area is 88.1 Å². The van der Waals surface area contributed by atoms with Crippen LogP contribution in [0, 0.1) is 16.7 Å². The van der Waals surface area contributed by atoms with Crippen LogP contribution < -0.4 is 0 Å². The molecule has 78 valence electrons. The van der Waals surface area contributed by atoms with Crippen LogP contribution in [0.2, 0.25) is 0 Å². The molecule has 0 fully saturated rings. The fourth-order valence-electron chi connectivity index (χ4n) is 1.62. The van der Waals surface area contributed by atoms with Gasteiger partial charge in [-0.2, -0.15) is 5.26 Å². The third kappa shape index (κ3) is 4.28. The van der Waals surface area contributed by atoms with E-state index in [1.807, 2.05) is 19.1 Å². The average Bonchev–Trinajstić information content (AvgIpc) is 2.19.